The molecule has 1 aliphatic rings. The Kier molecular flexibility index (Phi) is 3.32. The lowest BCUT2D eigenvalue weighted by Gasteiger charge is -2.16. The molecule has 0 bridgehead atoms. The van der Waals surface area contributed by atoms with Crippen LogP contribution in [0.1, 0.15) is 28.6 Å². The summed E-state index contributed by atoms with van der Waals surface area (Å²) in [5, 5.41) is 0.590. The van der Waals surface area contributed by atoms with E-state index in [1.165, 1.54) is 6.26 Å². The number of ether oxygens (including phenoxy) is 1. The smallest absolute Gasteiger partial charge is 0.307 e. The maximum absolute atomic E-state index is 12.4. The fourth-order valence-electron chi connectivity index (χ4n) is 2.34. The van der Waals surface area contributed by atoms with Crippen molar-refractivity contribution in [1.82, 2.24) is 0 Å². The Morgan fingerprint density at radius 3 is 2.60 bits per heavy atom. The van der Waals surface area contributed by atoms with Gasteiger partial charge in [0, 0.05) is 5.02 Å². The highest BCUT2D eigenvalue weighted by molar-refractivity contribution is 6.30. The van der Waals surface area contributed by atoms with E-state index in [2.05, 4.69) is 0 Å². The average molecular weight is 291 g/mol. The summed E-state index contributed by atoms with van der Waals surface area (Å²) in [6.07, 6.45) is 0.909. The molecule has 0 unspecified atom stereocenters. The summed E-state index contributed by atoms with van der Waals surface area (Å²) < 4.78 is 10.4. The van der Waals surface area contributed by atoms with Crippen molar-refractivity contribution in [3.05, 3.63) is 59.0 Å². The van der Waals surface area contributed by atoms with E-state index in [4.69, 9.17) is 20.8 Å². The number of carbonyl (C=O) groups excluding carboxylic acids is 2. The molecule has 0 amide bonds. The highest BCUT2D eigenvalue weighted by atomic mass is 35.5. The van der Waals surface area contributed by atoms with E-state index in [-0.39, 0.29) is 23.9 Å². The zero-order chi connectivity index (χ0) is 14.1. The number of cyclic esters (lactones) is 1. The third kappa shape index (κ3) is 2.34. The number of hydrogen-bond acceptors (Lipinski definition) is 4. The summed E-state index contributed by atoms with van der Waals surface area (Å²) in [7, 11) is 0. The van der Waals surface area contributed by atoms with Crippen LogP contribution in [0.25, 0.3) is 0 Å². The molecule has 1 fully saturated rings. The highest BCUT2D eigenvalue weighted by Crippen LogP contribution is 2.37. The number of ketones is 1. The Morgan fingerprint density at radius 2 is 1.95 bits per heavy atom. The van der Waals surface area contributed by atoms with Crippen LogP contribution in [0.15, 0.2) is 47.1 Å². The van der Waals surface area contributed by atoms with E-state index < -0.39 is 12.0 Å². The zero-order valence-corrected chi connectivity index (χ0v) is 11.2. The summed E-state index contributed by atoms with van der Waals surface area (Å²) in [6.45, 7) is 0. The molecule has 1 aliphatic heterocycles. The lowest BCUT2D eigenvalue weighted by Crippen LogP contribution is -2.18. The van der Waals surface area contributed by atoms with Gasteiger partial charge in [-0.15, -0.1) is 0 Å². The van der Waals surface area contributed by atoms with Gasteiger partial charge in [0.05, 0.1) is 18.6 Å². The summed E-state index contributed by atoms with van der Waals surface area (Å²) in [5.41, 5.74) is 0.755. The number of esters is 1. The van der Waals surface area contributed by atoms with Crippen LogP contribution in [-0.4, -0.2) is 11.8 Å². The molecule has 0 saturated carbocycles. The number of halogens is 1. The molecule has 0 radical (unpaired) electrons. The van der Waals surface area contributed by atoms with E-state index in [0.29, 0.717) is 5.02 Å². The molecule has 3 rings (SSSR count). The maximum Gasteiger partial charge on any atom is 0.307 e. The van der Waals surface area contributed by atoms with Crippen LogP contribution in [-0.2, 0) is 9.53 Å². The molecule has 1 aromatic carbocycles. The average Bonchev–Trinajstić information content (AvgIpc) is 3.08. The number of benzene rings is 1. The second-order valence-corrected chi connectivity index (χ2v) is 5.05. The molecule has 0 spiro atoms. The van der Waals surface area contributed by atoms with Gasteiger partial charge in [-0.25, -0.2) is 0 Å². The Morgan fingerprint density at radius 1 is 1.20 bits per heavy atom. The van der Waals surface area contributed by atoms with Gasteiger partial charge in [0.25, 0.3) is 0 Å². The normalized spacial score (nSPS) is 21.8. The first-order valence-electron chi connectivity index (χ1n) is 6.18. The molecule has 1 aromatic heterocycles. The van der Waals surface area contributed by atoms with Gasteiger partial charge >= 0.3 is 5.97 Å². The molecule has 2 atom stereocenters. The second kappa shape index (κ2) is 5.13. The van der Waals surface area contributed by atoms with E-state index in [0.717, 1.165) is 5.56 Å². The molecule has 0 N–H and O–H groups in total. The van der Waals surface area contributed by atoms with Gasteiger partial charge in [0.2, 0.25) is 5.78 Å². The first-order valence-corrected chi connectivity index (χ1v) is 6.55. The first kappa shape index (κ1) is 12.9. The van der Waals surface area contributed by atoms with Gasteiger partial charge in [0.15, 0.2) is 5.76 Å². The topological polar surface area (TPSA) is 56.5 Å². The summed E-state index contributed by atoms with van der Waals surface area (Å²) in [5.74, 6) is -0.919. The van der Waals surface area contributed by atoms with Gasteiger partial charge in [-0.05, 0) is 29.8 Å². The van der Waals surface area contributed by atoms with Crippen LogP contribution in [0, 0.1) is 5.92 Å². The monoisotopic (exact) mass is 290 g/mol. The van der Waals surface area contributed by atoms with E-state index in [1.54, 1.807) is 36.4 Å². The maximum atomic E-state index is 12.4. The second-order valence-electron chi connectivity index (χ2n) is 4.61. The minimum absolute atomic E-state index is 0.0623. The van der Waals surface area contributed by atoms with E-state index >= 15 is 0 Å². The quantitative estimate of drug-likeness (QED) is 0.642. The molecule has 102 valence electrons. The Balaban J connectivity index is 1.91. The molecule has 2 heterocycles. The van der Waals surface area contributed by atoms with Gasteiger partial charge in [0.1, 0.15) is 6.10 Å². The van der Waals surface area contributed by atoms with Crippen molar-refractivity contribution in [2.24, 2.45) is 5.92 Å². The van der Waals surface area contributed by atoms with Crippen LogP contribution < -0.4 is 0 Å². The number of rotatable bonds is 3. The summed E-state index contributed by atoms with van der Waals surface area (Å²) in [4.78, 5) is 23.9. The minimum Gasteiger partial charge on any atom is -0.461 e. The fraction of sp³-hybridized carbons (Fsp3) is 0.200. The van der Waals surface area contributed by atoms with Gasteiger partial charge in [-0.3, -0.25) is 9.59 Å². The van der Waals surface area contributed by atoms with Crippen LogP contribution in [0.4, 0.5) is 0 Å². The number of furan rings is 1. The largest absolute Gasteiger partial charge is 0.461 e. The van der Waals surface area contributed by atoms with Crippen LogP contribution >= 0.6 is 11.6 Å². The van der Waals surface area contributed by atoms with Crippen LogP contribution in [0.3, 0.4) is 0 Å². The van der Waals surface area contributed by atoms with Crippen molar-refractivity contribution < 1.29 is 18.7 Å². The Hall–Kier alpha value is -2.07. The summed E-state index contributed by atoms with van der Waals surface area (Å²) >= 11 is 5.84. The Bertz CT molecular complexity index is 630. The molecule has 4 nitrogen and oxygen atoms in total. The number of Topliss-reactive ketones (excluding diaryl/α,β-unsaturated/α-hetero) is 1. The molecular formula is C15H11ClO4. The van der Waals surface area contributed by atoms with Gasteiger partial charge in [-0.2, -0.15) is 0 Å². The molecule has 20 heavy (non-hydrogen) atoms. The zero-order valence-electron chi connectivity index (χ0n) is 10.4. The van der Waals surface area contributed by atoms with Crippen molar-refractivity contribution in [1.29, 1.82) is 0 Å². The van der Waals surface area contributed by atoms with Crippen LogP contribution in [0.2, 0.25) is 5.02 Å². The van der Waals surface area contributed by atoms with Gasteiger partial charge in [-0.1, -0.05) is 23.7 Å². The van der Waals surface area contributed by atoms with Gasteiger partial charge < -0.3 is 9.15 Å². The molecule has 0 aliphatic carbocycles. The SMILES string of the molecule is O=C1C[C@H](C(=O)c2ccco2)[C@@H](c2ccc(Cl)cc2)O1. The minimum atomic E-state index is -0.586. The molecule has 5 heteroatoms. The molecular weight excluding hydrogens is 280 g/mol. The van der Waals surface area contributed by atoms with E-state index in [9.17, 15) is 9.59 Å². The summed E-state index contributed by atoms with van der Waals surface area (Å²) in [6, 6.07) is 10.2. The highest BCUT2D eigenvalue weighted by Gasteiger charge is 2.41. The fourth-order valence-corrected chi connectivity index (χ4v) is 2.47. The van der Waals surface area contributed by atoms with Crippen molar-refractivity contribution >= 4 is 23.4 Å². The van der Waals surface area contributed by atoms with Crippen molar-refractivity contribution in [2.45, 2.75) is 12.5 Å². The lowest BCUT2D eigenvalue weighted by atomic mass is 9.90. The van der Waals surface area contributed by atoms with Crippen molar-refractivity contribution in [2.75, 3.05) is 0 Å². The third-order valence-corrected chi connectivity index (χ3v) is 3.56. The Labute approximate surface area is 120 Å². The van der Waals surface area contributed by atoms with Crippen LogP contribution in [0.5, 0.6) is 0 Å². The number of hydrogen-bond donors (Lipinski definition) is 0. The molecule has 1 saturated heterocycles. The van der Waals surface area contributed by atoms with E-state index in [1.807, 2.05) is 0 Å². The van der Waals surface area contributed by atoms with Crippen molar-refractivity contribution in [3.63, 3.8) is 0 Å². The number of carbonyl (C=O) groups is 2. The predicted octanol–water partition coefficient (Wildman–Crippen LogP) is 3.42. The lowest BCUT2D eigenvalue weighted by molar-refractivity contribution is -0.141. The third-order valence-electron chi connectivity index (χ3n) is 3.31. The first-order chi connectivity index (χ1) is 9.65. The van der Waals surface area contributed by atoms with Crippen molar-refractivity contribution in [3.8, 4) is 0 Å². The predicted molar refractivity (Wildman–Crippen MR) is 71.4 cm³/mol. The molecule has 2 aromatic rings. The standard InChI is InChI=1S/C15H11ClO4/c16-10-5-3-9(4-6-10)15-11(8-13(17)20-15)14(18)12-2-1-7-19-12/h1-7,11,15H,8H2/t11-,15-/m1/s1.